The Labute approximate surface area is 216 Å². The Bertz CT molecular complexity index is 1170. The number of nitrogens with zero attached hydrogens (tertiary/aromatic N) is 1. The second-order valence-corrected chi connectivity index (χ2v) is 9.57. The number of halogens is 3. The molecule has 0 aliphatic carbocycles. The maximum absolute atomic E-state index is 13.1. The number of rotatable bonds is 10. The monoisotopic (exact) mass is 538 g/mol. The van der Waals surface area contributed by atoms with Gasteiger partial charge in [-0.1, -0.05) is 48.6 Å². The lowest BCUT2D eigenvalue weighted by atomic mass is 10.1. The molecule has 0 spiro atoms. The molecule has 2 amide bonds. The fourth-order valence-electron chi connectivity index (χ4n) is 3.52. The molecule has 0 unspecified atom stereocenters. The number of hydrogen-bond acceptors (Lipinski definition) is 6. The van der Waals surface area contributed by atoms with Gasteiger partial charge in [-0.05, 0) is 55.7 Å². The van der Waals surface area contributed by atoms with Gasteiger partial charge in [0.15, 0.2) is 11.5 Å². The first-order chi connectivity index (χ1) is 17.1. The van der Waals surface area contributed by atoms with Crippen LogP contribution in [0.3, 0.4) is 0 Å². The summed E-state index contributed by atoms with van der Waals surface area (Å²) >= 11 is 6.52. The minimum atomic E-state index is -4.55. The standard InChI is InChI=1S/C25H25F3N2O4S2/c1-2-34-20-14-16(11-12-19(20)31)15-21-23(33)30(24(35)36-21)13-7-3-4-10-22(32)29-18-9-6-5-8-17(18)25(26,27)28/h5-6,8-9,11-12,14-15,31H,2-4,7,10,13H2,1H3,(H,29,32)/b21-15-. The average molecular weight is 539 g/mol. The van der Waals surface area contributed by atoms with Crippen LogP contribution in [0.1, 0.15) is 43.7 Å². The fourth-order valence-corrected chi connectivity index (χ4v) is 4.83. The Morgan fingerprint density at radius 3 is 2.67 bits per heavy atom. The maximum Gasteiger partial charge on any atom is 0.418 e. The Kier molecular flexibility index (Phi) is 9.38. The van der Waals surface area contributed by atoms with Crippen molar-refractivity contribution in [3.8, 4) is 11.5 Å². The topological polar surface area (TPSA) is 78.9 Å². The van der Waals surface area contributed by atoms with Crippen molar-refractivity contribution in [2.75, 3.05) is 18.5 Å². The van der Waals surface area contributed by atoms with E-state index in [1.54, 1.807) is 25.1 Å². The molecule has 0 saturated carbocycles. The summed E-state index contributed by atoms with van der Waals surface area (Å²) < 4.78 is 45.0. The molecule has 2 N–H and O–H groups in total. The Morgan fingerprint density at radius 1 is 1.19 bits per heavy atom. The molecule has 192 valence electrons. The molecule has 1 heterocycles. The highest BCUT2D eigenvalue weighted by Crippen LogP contribution is 2.36. The number of phenols is 1. The summed E-state index contributed by atoms with van der Waals surface area (Å²) in [7, 11) is 0. The molecule has 0 aromatic heterocycles. The van der Waals surface area contributed by atoms with E-state index in [4.69, 9.17) is 17.0 Å². The van der Waals surface area contributed by atoms with E-state index in [1.165, 1.54) is 40.9 Å². The minimum absolute atomic E-state index is 0.0137. The van der Waals surface area contributed by atoms with Gasteiger partial charge in [0.1, 0.15) is 4.32 Å². The van der Waals surface area contributed by atoms with E-state index in [0.29, 0.717) is 53.0 Å². The van der Waals surface area contributed by atoms with Crippen LogP contribution in [0.25, 0.3) is 6.08 Å². The third-order valence-electron chi connectivity index (χ3n) is 5.25. The van der Waals surface area contributed by atoms with Crippen molar-refractivity contribution in [3.05, 3.63) is 58.5 Å². The van der Waals surface area contributed by atoms with Crippen LogP contribution in [-0.2, 0) is 15.8 Å². The zero-order valence-electron chi connectivity index (χ0n) is 19.4. The zero-order chi connectivity index (χ0) is 26.3. The van der Waals surface area contributed by atoms with Crippen molar-refractivity contribution in [1.29, 1.82) is 0 Å². The molecule has 2 aromatic carbocycles. The number of thioether (sulfide) groups is 1. The molecule has 36 heavy (non-hydrogen) atoms. The first-order valence-electron chi connectivity index (χ1n) is 11.3. The number of benzene rings is 2. The number of ether oxygens (including phenoxy) is 1. The lowest BCUT2D eigenvalue weighted by Gasteiger charge is -2.14. The number of phenolic OH excluding ortho intramolecular Hbond substituents is 1. The molecule has 3 rings (SSSR count). The molecule has 6 nitrogen and oxygen atoms in total. The van der Waals surface area contributed by atoms with E-state index >= 15 is 0 Å². The van der Waals surface area contributed by atoms with Gasteiger partial charge in [0, 0.05) is 13.0 Å². The highest BCUT2D eigenvalue weighted by Gasteiger charge is 2.34. The summed E-state index contributed by atoms with van der Waals surface area (Å²) in [6.07, 6.45) is -1.17. The fraction of sp³-hybridized carbons (Fsp3) is 0.320. The molecular formula is C25H25F3N2O4S2. The van der Waals surface area contributed by atoms with Crippen LogP contribution in [0.4, 0.5) is 18.9 Å². The van der Waals surface area contributed by atoms with Gasteiger partial charge in [-0.25, -0.2) is 0 Å². The lowest BCUT2D eigenvalue weighted by Crippen LogP contribution is -2.29. The van der Waals surface area contributed by atoms with E-state index in [9.17, 15) is 27.9 Å². The van der Waals surface area contributed by atoms with Crippen molar-refractivity contribution in [1.82, 2.24) is 4.90 Å². The van der Waals surface area contributed by atoms with E-state index < -0.39 is 17.6 Å². The smallest absolute Gasteiger partial charge is 0.418 e. The number of amides is 2. The molecular weight excluding hydrogens is 513 g/mol. The predicted octanol–water partition coefficient (Wildman–Crippen LogP) is 6.21. The second-order valence-electron chi connectivity index (χ2n) is 7.90. The van der Waals surface area contributed by atoms with Crippen molar-refractivity contribution in [2.45, 2.75) is 38.8 Å². The largest absolute Gasteiger partial charge is 0.504 e. The normalized spacial score (nSPS) is 15.0. The van der Waals surface area contributed by atoms with Gasteiger partial charge in [-0.15, -0.1) is 0 Å². The van der Waals surface area contributed by atoms with Gasteiger partial charge < -0.3 is 15.2 Å². The molecule has 11 heteroatoms. The van der Waals surface area contributed by atoms with Crippen molar-refractivity contribution in [2.24, 2.45) is 0 Å². The van der Waals surface area contributed by atoms with Crippen LogP contribution in [0, 0.1) is 0 Å². The molecule has 1 saturated heterocycles. The van der Waals surface area contributed by atoms with E-state index in [2.05, 4.69) is 5.32 Å². The third kappa shape index (κ3) is 7.23. The number of anilines is 1. The van der Waals surface area contributed by atoms with Crippen LogP contribution >= 0.6 is 24.0 Å². The van der Waals surface area contributed by atoms with E-state index in [1.807, 2.05) is 0 Å². The van der Waals surface area contributed by atoms with E-state index in [-0.39, 0.29) is 23.8 Å². The summed E-state index contributed by atoms with van der Waals surface area (Å²) in [5.41, 5.74) is -0.460. The summed E-state index contributed by atoms with van der Waals surface area (Å²) in [6.45, 7) is 2.57. The summed E-state index contributed by atoms with van der Waals surface area (Å²) in [5, 5.41) is 12.2. The molecule has 2 aromatic rings. The summed E-state index contributed by atoms with van der Waals surface area (Å²) in [5.74, 6) is -0.384. The number of alkyl halides is 3. The molecule has 1 fully saturated rings. The van der Waals surface area contributed by atoms with Gasteiger partial charge in [0.25, 0.3) is 5.91 Å². The number of thiocarbonyl (C=S) groups is 1. The number of carbonyl (C=O) groups excluding carboxylic acids is 2. The van der Waals surface area contributed by atoms with Gasteiger partial charge in [0.2, 0.25) is 5.91 Å². The molecule has 0 bridgehead atoms. The van der Waals surface area contributed by atoms with Crippen LogP contribution in [0.15, 0.2) is 47.4 Å². The van der Waals surface area contributed by atoms with Crippen molar-refractivity contribution >= 4 is 51.9 Å². The Hall–Kier alpha value is -3.05. The van der Waals surface area contributed by atoms with Gasteiger partial charge in [-0.3, -0.25) is 14.5 Å². The quantitative estimate of drug-likeness (QED) is 0.213. The average Bonchev–Trinajstić information content (AvgIpc) is 3.08. The predicted molar refractivity (Wildman–Crippen MR) is 138 cm³/mol. The van der Waals surface area contributed by atoms with Crippen LogP contribution in [0.2, 0.25) is 0 Å². The number of aromatic hydroxyl groups is 1. The first-order valence-corrected chi connectivity index (χ1v) is 12.5. The third-order valence-corrected chi connectivity index (χ3v) is 6.62. The number of carbonyl (C=O) groups is 2. The number of unbranched alkanes of at least 4 members (excludes halogenated alkanes) is 2. The van der Waals surface area contributed by atoms with Crippen molar-refractivity contribution in [3.63, 3.8) is 0 Å². The van der Waals surface area contributed by atoms with Gasteiger partial charge >= 0.3 is 6.18 Å². The van der Waals surface area contributed by atoms with Gasteiger partial charge in [-0.2, -0.15) is 13.2 Å². The molecule has 1 aliphatic rings. The minimum Gasteiger partial charge on any atom is -0.504 e. The first kappa shape index (κ1) is 27.5. The number of hydrogen-bond donors (Lipinski definition) is 2. The zero-order valence-corrected chi connectivity index (χ0v) is 21.1. The van der Waals surface area contributed by atoms with Crippen molar-refractivity contribution < 1.29 is 32.6 Å². The molecule has 0 atom stereocenters. The maximum atomic E-state index is 13.1. The summed E-state index contributed by atoms with van der Waals surface area (Å²) in [4.78, 5) is 26.9. The number of nitrogens with one attached hydrogen (secondary N) is 1. The SMILES string of the molecule is CCOc1cc(/C=C2\SC(=S)N(CCCCCC(=O)Nc3ccccc3C(F)(F)F)C2=O)ccc1O. The van der Waals surface area contributed by atoms with Crippen LogP contribution in [-0.4, -0.2) is 39.3 Å². The Balaban J connectivity index is 1.47. The highest BCUT2D eigenvalue weighted by molar-refractivity contribution is 8.26. The van der Waals surface area contributed by atoms with Gasteiger partial charge in [0.05, 0.1) is 22.8 Å². The summed E-state index contributed by atoms with van der Waals surface area (Å²) in [6, 6.07) is 9.65. The Morgan fingerprint density at radius 2 is 1.94 bits per heavy atom. The van der Waals surface area contributed by atoms with Crippen LogP contribution in [0.5, 0.6) is 11.5 Å². The number of para-hydroxylation sites is 1. The van der Waals surface area contributed by atoms with E-state index in [0.717, 1.165) is 6.07 Å². The molecule has 1 aliphatic heterocycles. The highest BCUT2D eigenvalue weighted by atomic mass is 32.2. The van der Waals surface area contributed by atoms with Crippen LogP contribution < -0.4 is 10.1 Å². The molecule has 0 radical (unpaired) electrons. The second kappa shape index (κ2) is 12.3. The lowest BCUT2D eigenvalue weighted by molar-refractivity contribution is -0.137.